The van der Waals surface area contributed by atoms with E-state index in [4.69, 9.17) is 21.1 Å². The second-order valence-electron chi connectivity index (χ2n) is 4.43. The van der Waals surface area contributed by atoms with Crippen LogP contribution < -0.4 is 5.32 Å². The average molecular weight is 354 g/mol. The third-order valence-corrected chi connectivity index (χ3v) is 4.06. The van der Waals surface area contributed by atoms with Crippen molar-refractivity contribution in [3.8, 4) is 11.1 Å². The topological polar surface area (TPSA) is 64.6 Å². The molecule has 0 saturated carbocycles. The summed E-state index contributed by atoms with van der Waals surface area (Å²) in [5, 5.41) is 5.37. The Balaban J connectivity index is 2.42. The number of anilines is 1. The van der Waals surface area contributed by atoms with E-state index >= 15 is 0 Å². The fraction of sp³-hybridized carbons (Fsp3) is 0.250. The summed E-state index contributed by atoms with van der Waals surface area (Å²) in [6.45, 7) is 3.92. The van der Waals surface area contributed by atoms with E-state index in [9.17, 15) is 9.59 Å². The minimum Gasteiger partial charge on any atom is -0.462 e. The fourth-order valence-electron chi connectivity index (χ4n) is 1.96. The molecule has 7 heteroatoms. The maximum absolute atomic E-state index is 12.3. The van der Waals surface area contributed by atoms with Crippen molar-refractivity contribution in [3.63, 3.8) is 0 Å². The number of hydrogen-bond acceptors (Lipinski definition) is 5. The van der Waals surface area contributed by atoms with Crippen LogP contribution in [0.1, 0.15) is 24.2 Å². The summed E-state index contributed by atoms with van der Waals surface area (Å²) in [5.74, 6) is -0.495. The monoisotopic (exact) mass is 353 g/mol. The zero-order valence-electron chi connectivity index (χ0n) is 12.7. The number of rotatable bonds is 5. The Morgan fingerprint density at radius 1 is 1.13 bits per heavy atom. The summed E-state index contributed by atoms with van der Waals surface area (Å²) < 4.78 is 9.96. The van der Waals surface area contributed by atoms with Crippen LogP contribution >= 0.6 is 22.9 Å². The minimum atomic E-state index is -0.609. The molecule has 0 saturated heterocycles. The number of hydrogen-bond donors (Lipinski definition) is 1. The van der Waals surface area contributed by atoms with Gasteiger partial charge in [0.1, 0.15) is 10.6 Å². The molecule has 0 aliphatic carbocycles. The largest absolute Gasteiger partial charge is 0.462 e. The zero-order chi connectivity index (χ0) is 16.8. The van der Waals surface area contributed by atoms with Crippen LogP contribution in [0.5, 0.6) is 0 Å². The van der Waals surface area contributed by atoms with Gasteiger partial charge in [0.15, 0.2) is 0 Å². The van der Waals surface area contributed by atoms with Crippen molar-refractivity contribution in [2.75, 3.05) is 18.5 Å². The number of esters is 1. The molecule has 1 heterocycles. The first-order valence-electron chi connectivity index (χ1n) is 7.05. The maximum atomic E-state index is 12.3. The van der Waals surface area contributed by atoms with E-state index < -0.39 is 12.1 Å². The predicted molar refractivity (Wildman–Crippen MR) is 91.4 cm³/mol. The second kappa shape index (κ2) is 7.99. The lowest BCUT2D eigenvalue weighted by molar-refractivity contribution is 0.0529. The number of halogens is 1. The van der Waals surface area contributed by atoms with E-state index in [-0.39, 0.29) is 13.2 Å². The Morgan fingerprint density at radius 2 is 1.78 bits per heavy atom. The van der Waals surface area contributed by atoms with E-state index in [1.165, 1.54) is 11.3 Å². The van der Waals surface area contributed by atoms with Crippen molar-refractivity contribution >= 4 is 40.0 Å². The number of amides is 1. The molecule has 5 nitrogen and oxygen atoms in total. The highest BCUT2D eigenvalue weighted by Crippen LogP contribution is 2.36. The molecule has 122 valence electrons. The first kappa shape index (κ1) is 17.3. The van der Waals surface area contributed by atoms with Crippen molar-refractivity contribution < 1.29 is 19.1 Å². The van der Waals surface area contributed by atoms with E-state index in [1.807, 2.05) is 0 Å². The molecule has 2 aromatic rings. The number of nitrogens with one attached hydrogen (secondary N) is 1. The zero-order valence-corrected chi connectivity index (χ0v) is 14.3. The lowest BCUT2D eigenvalue weighted by Gasteiger charge is -2.08. The van der Waals surface area contributed by atoms with Gasteiger partial charge in [-0.3, -0.25) is 5.32 Å². The van der Waals surface area contributed by atoms with Crippen LogP contribution in [0.15, 0.2) is 29.6 Å². The molecule has 0 fully saturated rings. The summed E-state index contributed by atoms with van der Waals surface area (Å²) in [6.07, 6.45) is -0.609. The molecule has 1 N–H and O–H groups in total. The normalized spacial score (nSPS) is 10.2. The van der Waals surface area contributed by atoms with Crippen molar-refractivity contribution in [3.05, 3.63) is 40.2 Å². The van der Waals surface area contributed by atoms with Gasteiger partial charge in [-0.15, -0.1) is 11.3 Å². The molecule has 0 atom stereocenters. The van der Waals surface area contributed by atoms with Gasteiger partial charge in [0.2, 0.25) is 0 Å². The summed E-state index contributed by atoms with van der Waals surface area (Å²) in [6, 6.07) is 7.09. The third kappa shape index (κ3) is 4.24. The minimum absolute atomic E-state index is 0.244. The van der Waals surface area contributed by atoms with Gasteiger partial charge in [-0.1, -0.05) is 23.7 Å². The quantitative estimate of drug-likeness (QED) is 0.783. The van der Waals surface area contributed by atoms with Crippen molar-refractivity contribution in [1.82, 2.24) is 0 Å². The highest BCUT2D eigenvalue weighted by atomic mass is 35.5. The van der Waals surface area contributed by atoms with Crippen LogP contribution in [0, 0.1) is 0 Å². The van der Waals surface area contributed by atoms with Crippen LogP contribution in [0.4, 0.5) is 9.80 Å². The molecule has 1 aromatic heterocycles. The van der Waals surface area contributed by atoms with Gasteiger partial charge in [0.25, 0.3) is 0 Å². The molecule has 1 amide bonds. The smallest absolute Gasteiger partial charge is 0.412 e. The van der Waals surface area contributed by atoms with Gasteiger partial charge >= 0.3 is 12.1 Å². The van der Waals surface area contributed by atoms with E-state index in [0.29, 0.717) is 21.2 Å². The Morgan fingerprint density at radius 3 is 2.39 bits per heavy atom. The number of ether oxygens (including phenoxy) is 2. The summed E-state index contributed by atoms with van der Waals surface area (Å²) in [7, 11) is 0. The first-order chi connectivity index (χ1) is 11.1. The lowest BCUT2D eigenvalue weighted by atomic mass is 10.0. The van der Waals surface area contributed by atoms with Gasteiger partial charge in [-0.25, -0.2) is 9.59 Å². The Labute approximate surface area is 143 Å². The van der Waals surface area contributed by atoms with Gasteiger partial charge in [0.05, 0.1) is 13.2 Å². The summed E-state index contributed by atoms with van der Waals surface area (Å²) >= 11 is 7.14. The highest BCUT2D eigenvalue weighted by molar-refractivity contribution is 7.15. The van der Waals surface area contributed by atoms with Crippen LogP contribution in [-0.4, -0.2) is 25.3 Å². The second-order valence-corrected chi connectivity index (χ2v) is 5.74. The molecule has 0 aliphatic rings. The van der Waals surface area contributed by atoms with Gasteiger partial charge in [-0.2, -0.15) is 0 Å². The predicted octanol–water partition coefficient (Wildman–Crippen LogP) is 4.81. The molecule has 2 rings (SSSR count). The number of thiophene rings is 1. The fourth-order valence-corrected chi connectivity index (χ4v) is 3.03. The van der Waals surface area contributed by atoms with Crippen LogP contribution in [0.25, 0.3) is 11.1 Å². The Kier molecular flexibility index (Phi) is 6.01. The summed E-state index contributed by atoms with van der Waals surface area (Å²) in [4.78, 5) is 23.9. The maximum Gasteiger partial charge on any atom is 0.412 e. The van der Waals surface area contributed by atoms with Gasteiger partial charge in [0, 0.05) is 16.0 Å². The van der Waals surface area contributed by atoms with Gasteiger partial charge in [-0.05, 0) is 31.5 Å². The van der Waals surface area contributed by atoms with E-state index in [1.54, 1.807) is 43.5 Å². The molecule has 23 heavy (non-hydrogen) atoms. The van der Waals surface area contributed by atoms with Crippen molar-refractivity contribution in [2.24, 2.45) is 0 Å². The molecule has 0 bridgehead atoms. The van der Waals surface area contributed by atoms with Crippen LogP contribution in [0.3, 0.4) is 0 Å². The highest BCUT2D eigenvalue weighted by Gasteiger charge is 2.23. The molecular formula is C16H16ClNO4S. The molecule has 0 unspecified atom stereocenters. The van der Waals surface area contributed by atoms with Crippen LogP contribution in [0.2, 0.25) is 5.02 Å². The first-order valence-corrected chi connectivity index (χ1v) is 8.30. The standard InChI is InChI=1S/C16H16ClNO4S/c1-3-21-15(19)13-12(10-5-7-11(17)8-6-10)9-23-14(13)18-16(20)22-4-2/h5-9H,3-4H2,1-2H3,(H,18,20). The molecule has 1 aromatic carbocycles. The molecule has 0 aliphatic heterocycles. The summed E-state index contributed by atoms with van der Waals surface area (Å²) in [5.41, 5.74) is 1.80. The Hall–Kier alpha value is -2.05. The van der Waals surface area contributed by atoms with Gasteiger partial charge < -0.3 is 9.47 Å². The molecule has 0 radical (unpaired) electrons. The molecular weight excluding hydrogens is 338 g/mol. The van der Waals surface area contributed by atoms with Crippen molar-refractivity contribution in [1.29, 1.82) is 0 Å². The number of carbonyl (C=O) groups excluding carboxylic acids is 2. The van der Waals surface area contributed by atoms with E-state index in [2.05, 4.69) is 5.32 Å². The average Bonchev–Trinajstić information content (AvgIpc) is 2.92. The number of carbonyl (C=O) groups is 2. The van der Waals surface area contributed by atoms with Crippen molar-refractivity contribution in [2.45, 2.75) is 13.8 Å². The van der Waals surface area contributed by atoms with E-state index in [0.717, 1.165) is 5.56 Å². The Bertz CT molecular complexity index is 697. The molecule has 0 spiro atoms. The lowest BCUT2D eigenvalue weighted by Crippen LogP contribution is -2.15. The SMILES string of the molecule is CCOC(=O)Nc1scc(-c2ccc(Cl)cc2)c1C(=O)OCC. The third-order valence-electron chi connectivity index (χ3n) is 2.92. The number of benzene rings is 1. The van der Waals surface area contributed by atoms with Crippen LogP contribution in [-0.2, 0) is 9.47 Å².